The van der Waals surface area contributed by atoms with Gasteiger partial charge in [0, 0.05) is 31.5 Å². The van der Waals surface area contributed by atoms with Crippen LogP contribution in [0.2, 0.25) is 0 Å². The van der Waals surface area contributed by atoms with Gasteiger partial charge in [0.25, 0.3) is 5.69 Å². The Morgan fingerprint density at radius 1 is 1.30 bits per heavy atom. The van der Waals surface area contributed by atoms with Gasteiger partial charge in [0.15, 0.2) is 0 Å². The van der Waals surface area contributed by atoms with Crippen LogP contribution >= 0.6 is 0 Å². The van der Waals surface area contributed by atoms with Gasteiger partial charge in [-0.2, -0.15) is 0 Å². The first kappa shape index (κ1) is 15.6. The number of benzene rings is 1. The Kier molecular flexibility index (Phi) is 6.15. The highest BCUT2D eigenvalue weighted by molar-refractivity contribution is 5.76. The van der Waals surface area contributed by atoms with Crippen LogP contribution in [0.25, 0.3) is 0 Å². The molecule has 0 aromatic heterocycles. The van der Waals surface area contributed by atoms with E-state index in [9.17, 15) is 19.7 Å². The van der Waals surface area contributed by atoms with E-state index in [1.165, 1.54) is 12.1 Å². The predicted molar refractivity (Wildman–Crippen MR) is 71.3 cm³/mol. The van der Waals surface area contributed by atoms with Crippen LogP contribution in [0.15, 0.2) is 24.3 Å². The molecule has 0 unspecified atom stereocenters. The van der Waals surface area contributed by atoms with E-state index >= 15 is 0 Å². The van der Waals surface area contributed by atoms with Crippen LogP contribution in [0.3, 0.4) is 0 Å². The van der Waals surface area contributed by atoms with Gasteiger partial charge in [0.1, 0.15) is 0 Å². The number of nitro groups is 1. The third-order valence-corrected chi connectivity index (χ3v) is 2.65. The summed E-state index contributed by atoms with van der Waals surface area (Å²) in [6.45, 7) is 0.320. The average Bonchev–Trinajstić information content (AvgIpc) is 2.41. The molecule has 0 saturated heterocycles. The van der Waals surface area contributed by atoms with Gasteiger partial charge in [-0.05, 0) is 18.4 Å². The second-order valence-electron chi connectivity index (χ2n) is 4.27. The van der Waals surface area contributed by atoms with Crippen molar-refractivity contribution in [2.45, 2.75) is 25.7 Å². The van der Waals surface area contributed by atoms with Crippen molar-refractivity contribution in [2.24, 2.45) is 0 Å². The smallest absolute Gasteiger partial charge is 0.303 e. The minimum absolute atomic E-state index is 0.00404. The normalized spacial score (nSPS) is 10.0. The Hall–Kier alpha value is -2.44. The number of hydrogen-bond donors (Lipinski definition) is 2. The van der Waals surface area contributed by atoms with E-state index in [0.717, 1.165) is 5.56 Å². The number of nitrogens with zero attached hydrogens (tertiary/aromatic N) is 1. The van der Waals surface area contributed by atoms with Crippen molar-refractivity contribution in [3.63, 3.8) is 0 Å². The maximum Gasteiger partial charge on any atom is 0.303 e. The lowest BCUT2D eigenvalue weighted by Gasteiger charge is -2.04. The Morgan fingerprint density at radius 2 is 2.05 bits per heavy atom. The zero-order valence-electron chi connectivity index (χ0n) is 10.9. The number of rotatable bonds is 8. The molecule has 0 radical (unpaired) electrons. The number of carbonyl (C=O) groups is 2. The number of nitrogens with one attached hydrogen (secondary N) is 1. The van der Waals surface area contributed by atoms with E-state index in [1.54, 1.807) is 12.1 Å². The Balaban J connectivity index is 2.32. The number of non-ortho nitro benzene ring substituents is 1. The number of amides is 1. The predicted octanol–water partition coefficient (Wildman–Crippen LogP) is 1.51. The summed E-state index contributed by atoms with van der Waals surface area (Å²) in [5, 5.41) is 21.6. The minimum Gasteiger partial charge on any atom is -0.481 e. The molecule has 0 aliphatic rings. The SMILES string of the molecule is O=C(O)CCCNC(=O)CCc1cccc([N+](=O)[O-])c1. The molecule has 0 saturated carbocycles. The van der Waals surface area contributed by atoms with Gasteiger partial charge >= 0.3 is 5.97 Å². The molecule has 7 nitrogen and oxygen atoms in total. The van der Waals surface area contributed by atoms with E-state index in [2.05, 4.69) is 5.32 Å². The molecule has 0 fully saturated rings. The maximum atomic E-state index is 11.5. The molecule has 0 spiro atoms. The van der Waals surface area contributed by atoms with Crippen LogP contribution in [0, 0.1) is 10.1 Å². The zero-order valence-corrected chi connectivity index (χ0v) is 10.9. The van der Waals surface area contributed by atoms with Crippen LogP contribution in [0.1, 0.15) is 24.8 Å². The molecule has 0 aliphatic heterocycles. The molecular weight excluding hydrogens is 264 g/mol. The highest BCUT2D eigenvalue weighted by Crippen LogP contribution is 2.14. The summed E-state index contributed by atoms with van der Waals surface area (Å²) in [4.78, 5) is 31.9. The molecule has 1 aromatic rings. The number of hydrogen-bond acceptors (Lipinski definition) is 4. The molecule has 1 aromatic carbocycles. The van der Waals surface area contributed by atoms with Crippen molar-refractivity contribution < 1.29 is 19.6 Å². The number of nitro benzene ring substituents is 1. The van der Waals surface area contributed by atoms with Gasteiger partial charge in [-0.3, -0.25) is 19.7 Å². The zero-order chi connectivity index (χ0) is 15.0. The Bertz CT molecular complexity index is 501. The number of carboxylic acids is 1. The third-order valence-electron chi connectivity index (χ3n) is 2.65. The summed E-state index contributed by atoms with van der Waals surface area (Å²) in [6, 6.07) is 6.15. The summed E-state index contributed by atoms with van der Waals surface area (Å²) in [5.74, 6) is -1.09. The first-order chi connectivity index (χ1) is 9.49. The molecule has 1 rings (SSSR count). The maximum absolute atomic E-state index is 11.5. The lowest BCUT2D eigenvalue weighted by atomic mass is 10.1. The standard InChI is InChI=1S/C13H16N2O5/c16-12(14-8-2-5-13(17)18)7-6-10-3-1-4-11(9-10)15(19)20/h1,3-4,9H,2,5-8H2,(H,14,16)(H,17,18). The van der Waals surface area contributed by atoms with E-state index in [4.69, 9.17) is 5.11 Å². The first-order valence-corrected chi connectivity index (χ1v) is 6.21. The van der Waals surface area contributed by atoms with E-state index in [1.807, 2.05) is 0 Å². The van der Waals surface area contributed by atoms with Crippen LogP contribution in [-0.2, 0) is 16.0 Å². The topological polar surface area (TPSA) is 110 Å². The van der Waals surface area contributed by atoms with Crippen molar-refractivity contribution in [1.29, 1.82) is 0 Å². The molecule has 20 heavy (non-hydrogen) atoms. The summed E-state index contributed by atoms with van der Waals surface area (Å²) >= 11 is 0. The van der Waals surface area contributed by atoms with Gasteiger partial charge in [-0.1, -0.05) is 12.1 Å². The van der Waals surface area contributed by atoms with Crippen LogP contribution in [-0.4, -0.2) is 28.5 Å². The van der Waals surface area contributed by atoms with Crippen molar-refractivity contribution >= 4 is 17.6 Å². The van der Waals surface area contributed by atoms with Crippen LogP contribution in [0.5, 0.6) is 0 Å². The summed E-state index contributed by atoms with van der Waals surface area (Å²) < 4.78 is 0. The van der Waals surface area contributed by atoms with Gasteiger partial charge in [0.05, 0.1) is 4.92 Å². The highest BCUT2D eigenvalue weighted by atomic mass is 16.6. The molecule has 0 atom stereocenters. The average molecular weight is 280 g/mol. The second kappa shape index (κ2) is 7.88. The fourth-order valence-electron chi connectivity index (χ4n) is 1.64. The Morgan fingerprint density at radius 3 is 2.70 bits per heavy atom. The lowest BCUT2D eigenvalue weighted by molar-refractivity contribution is -0.384. The van der Waals surface area contributed by atoms with Crippen LogP contribution in [0.4, 0.5) is 5.69 Å². The van der Waals surface area contributed by atoms with Crippen LogP contribution < -0.4 is 5.32 Å². The van der Waals surface area contributed by atoms with E-state index < -0.39 is 10.9 Å². The molecular formula is C13H16N2O5. The first-order valence-electron chi connectivity index (χ1n) is 6.21. The Labute approximate surface area is 115 Å². The van der Waals surface area contributed by atoms with Crippen molar-refractivity contribution in [3.8, 4) is 0 Å². The number of aliphatic carboxylic acids is 1. The largest absolute Gasteiger partial charge is 0.481 e. The monoisotopic (exact) mass is 280 g/mol. The molecule has 0 aliphatic carbocycles. The molecule has 2 N–H and O–H groups in total. The van der Waals surface area contributed by atoms with Gasteiger partial charge in [0.2, 0.25) is 5.91 Å². The summed E-state index contributed by atoms with van der Waals surface area (Å²) in [7, 11) is 0. The highest BCUT2D eigenvalue weighted by Gasteiger charge is 2.07. The number of aryl methyl sites for hydroxylation is 1. The number of carboxylic acid groups (broad SMARTS) is 1. The molecule has 7 heteroatoms. The van der Waals surface area contributed by atoms with Gasteiger partial charge in [-0.15, -0.1) is 0 Å². The van der Waals surface area contributed by atoms with Gasteiger partial charge in [-0.25, -0.2) is 0 Å². The third kappa shape index (κ3) is 5.94. The minimum atomic E-state index is -0.893. The van der Waals surface area contributed by atoms with Crippen molar-refractivity contribution in [3.05, 3.63) is 39.9 Å². The lowest BCUT2D eigenvalue weighted by Crippen LogP contribution is -2.25. The fourth-order valence-corrected chi connectivity index (χ4v) is 1.64. The molecule has 0 bridgehead atoms. The fraction of sp³-hybridized carbons (Fsp3) is 0.385. The summed E-state index contributed by atoms with van der Waals surface area (Å²) in [6.07, 6.45) is 1.03. The quantitative estimate of drug-likeness (QED) is 0.426. The van der Waals surface area contributed by atoms with Crippen molar-refractivity contribution in [2.75, 3.05) is 6.54 Å². The summed E-state index contributed by atoms with van der Waals surface area (Å²) in [5.41, 5.74) is 0.726. The molecule has 0 heterocycles. The second-order valence-corrected chi connectivity index (χ2v) is 4.27. The number of carbonyl (C=O) groups excluding carboxylic acids is 1. The van der Waals surface area contributed by atoms with E-state index in [0.29, 0.717) is 19.4 Å². The molecule has 1 amide bonds. The van der Waals surface area contributed by atoms with Gasteiger partial charge < -0.3 is 10.4 Å². The van der Waals surface area contributed by atoms with E-state index in [-0.39, 0.29) is 24.4 Å². The van der Waals surface area contributed by atoms with Crippen molar-refractivity contribution in [1.82, 2.24) is 5.32 Å². The molecule has 108 valence electrons.